The predicted octanol–water partition coefficient (Wildman–Crippen LogP) is 0.769. The van der Waals surface area contributed by atoms with Crippen molar-refractivity contribution in [2.24, 2.45) is 11.1 Å². The van der Waals surface area contributed by atoms with Gasteiger partial charge in [0.15, 0.2) is 0 Å². The lowest BCUT2D eigenvalue weighted by Gasteiger charge is -2.13. The van der Waals surface area contributed by atoms with Crippen LogP contribution < -0.4 is 5.73 Å². The largest absolute Gasteiger partial charge is 0.326 e. The number of hydrogen-bond acceptors (Lipinski definition) is 2. The maximum absolute atomic E-state index is 11.9. The van der Waals surface area contributed by atoms with Gasteiger partial charge in [0.05, 0.1) is 6.67 Å². The molecule has 1 aliphatic carbocycles. The fourth-order valence-corrected chi connectivity index (χ4v) is 2.24. The number of rotatable bonds is 3. The second-order valence-electron chi connectivity index (χ2n) is 4.25. The van der Waals surface area contributed by atoms with Crippen LogP contribution in [0.15, 0.2) is 0 Å². The molecule has 2 fully saturated rings. The highest BCUT2D eigenvalue weighted by Crippen LogP contribution is 2.51. The Labute approximate surface area is 72.9 Å². The minimum atomic E-state index is -0.196. The normalized spacial score (nSPS) is 33.0. The molecule has 0 aromatic rings. The van der Waals surface area contributed by atoms with Gasteiger partial charge in [0, 0.05) is 25.7 Å². The molecule has 2 N–H and O–H groups in total. The van der Waals surface area contributed by atoms with Crippen molar-refractivity contribution in [1.82, 2.24) is 4.90 Å². The standard InChI is InChI=1S/C9H17FN2/c10-4-1-5-12-6-8(11)9(7-12)2-3-9/h8H,1-7,11H2. The third kappa shape index (κ3) is 1.36. The van der Waals surface area contributed by atoms with Crippen molar-refractivity contribution in [3.63, 3.8) is 0 Å². The number of nitrogens with zero attached hydrogens (tertiary/aromatic N) is 1. The number of halogens is 1. The van der Waals surface area contributed by atoms with E-state index >= 15 is 0 Å². The Morgan fingerprint density at radius 3 is 2.75 bits per heavy atom. The summed E-state index contributed by atoms with van der Waals surface area (Å²) in [4.78, 5) is 2.32. The van der Waals surface area contributed by atoms with Gasteiger partial charge in [-0.3, -0.25) is 4.39 Å². The maximum Gasteiger partial charge on any atom is 0.0906 e. The van der Waals surface area contributed by atoms with Gasteiger partial charge < -0.3 is 10.6 Å². The van der Waals surface area contributed by atoms with Crippen molar-refractivity contribution in [3.05, 3.63) is 0 Å². The summed E-state index contributed by atoms with van der Waals surface area (Å²) in [6.07, 6.45) is 3.25. The number of hydrogen-bond donors (Lipinski definition) is 1. The third-order valence-corrected chi connectivity index (χ3v) is 3.28. The average Bonchev–Trinajstić information content (AvgIpc) is 2.74. The molecule has 0 bridgehead atoms. The third-order valence-electron chi connectivity index (χ3n) is 3.28. The molecule has 70 valence electrons. The van der Waals surface area contributed by atoms with Crippen LogP contribution in [0.3, 0.4) is 0 Å². The zero-order valence-corrected chi connectivity index (χ0v) is 7.43. The van der Waals surface area contributed by atoms with Crippen molar-refractivity contribution in [2.45, 2.75) is 25.3 Å². The summed E-state index contributed by atoms with van der Waals surface area (Å²) < 4.78 is 11.9. The lowest BCUT2D eigenvalue weighted by atomic mass is 10.0. The molecule has 1 atom stereocenters. The molecule has 1 saturated heterocycles. The van der Waals surface area contributed by atoms with Gasteiger partial charge in [0.1, 0.15) is 0 Å². The molecule has 0 aromatic heterocycles. The van der Waals surface area contributed by atoms with Crippen LogP contribution in [-0.4, -0.2) is 37.3 Å². The molecular weight excluding hydrogens is 155 g/mol. The van der Waals surface area contributed by atoms with Crippen LogP contribution in [0.2, 0.25) is 0 Å². The number of alkyl halides is 1. The first-order valence-electron chi connectivity index (χ1n) is 4.81. The highest BCUT2D eigenvalue weighted by atomic mass is 19.1. The van der Waals surface area contributed by atoms with E-state index in [2.05, 4.69) is 4.90 Å². The van der Waals surface area contributed by atoms with Gasteiger partial charge in [-0.2, -0.15) is 0 Å². The molecule has 3 heteroatoms. The van der Waals surface area contributed by atoms with Gasteiger partial charge in [0.25, 0.3) is 0 Å². The predicted molar refractivity (Wildman–Crippen MR) is 46.7 cm³/mol. The van der Waals surface area contributed by atoms with E-state index in [4.69, 9.17) is 5.73 Å². The summed E-state index contributed by atoms with van der Waals surface area (Å²) >= 11 is 0. The molecule has 1 saturated carbocycles. The van der Waals surface area contributed by atoms with Crippen LogP contribution in [0, 0.1) is 5.41 Å². The Morgan fingerprint density at radius 2 is 2.25 bits per heavy atom. The monoisotopic (exact) mass is 172 g/mol. The molecule has 1 unspecified atom stereocenters. The van der Waals surface area contributed by atoms with Gasteiger partial charge in [-0.05, 0) is 24.7 Å². The molecule has 2 rings (SSSR count). The lowest BCUT2D eigenvalue weighted by molar-refractivity contribution is 0.298. The average molecular weight is 172 g/mol. The van der Waals surface area contributed by atoms with Crippen molar-refractivity contribution in [2.75, 3.05) is 26.3 Å². The van der Waals surface area contributed by atoms with Crippen molar-refractivity contribution < 1.29 is 4.39 Å². The molecule has 0 radical (unpaired) electrons. The first-order valence-corrected chi connectivity index (χ1v) is 4.81. The van der Waals surface area contributed by atoms with Crippen LogP contribution in [0.5, 0.6) is 0 Å². The van der Waals surface area contributed by atoms with Crippen LogP contribution >= 0.6 is 0 Å². The Kier molecular flexibility index (Phi) is 2.09. The van der Waals surface area contributed by atoms with E-state index in [0.717, 1.165) is 19.6 Å². The highest BCUT2D eigenvalue weighted by Gasteiger charge is 2.52. The fourth-order valence-electron chi connectivity index (χ4n) is 2.24. The topological polar surface area (TPSA) is 29.3 Å². The van der Waals surface area contributed by atoms with Crippen LogP contribution in [0.4, 0.5) is 4.39 Å². The second kappa shape index (κ2) is 2.96. The summed E-state index contributed by atoms with van der Waals surface area (Å²) in [5.74, 6) is 0. The smallest absolute Gasteiger partial charge is 0.0906 e. The SMILES string of the molecule is NC1CN(CCCF)CC12CC2. The minimum absolute atomic E-state index is 0.196. The number of nitrogens with two attached hydrogens (primary N) is 1. The van der Waals surface area contributed by atoms with Gasteiger partial charge in [-0.25, -0.2) is 0 Å². The summed E-state index contributed by atoms with van der Waals surface area (Å²) in [5, 5.41) is 0. The second-order valence-corrected chi connectivity index (χ2v) is 4.25. The van der Waals surface area contributed by atoms with Gasteiger partial charge in [0.2, 0.25) is 0 Å². The van der Waals surface area contributed by atoms with E-state index in [1.54, 1.807) is 0 Å². The zero-order valence-electron chi connectivity index (χ0n) is 7.43. The van der Waals surface area contributed by atoms with E-state index < -0.39 is 0 Å². The van der Waals surface area contributed by atoms with Crippen molar-refractivity contribution in [1.29, 1.82) is 0 Å². The highest BCUT2D eigenvalue weighted by molar-refractivity contribution is 5.08. The maximum atomic E-state index is 11.9. The van der Waals surface area contributed by atoms with Crippen LogP contribution in [-0.2, 0) is 0 Å². The van der Waals surface area contributed by atoms with E-state index in [9.17, 15) is 4.39 Å². The van der Waals surface area contributed by atoms with Crippen LogP contribution in [0.25, 0.3) is 0 Å². The van der Waals surface area contributed by atoms with E-state index in [0.29, 0.717) is 17.9 Å². The molecule has 2 nitrogen and oxygen atoms in total. The quantitative estimate of drug-likeness (QED) is 0.681. The Hall–Kier alpha value is -0.150. The molecular formula is C9H17FN2. The molecule has 1 spiro atoms. The first kappa shape index (κ1) is 8.45. The van der Waals surface area contributed by atoms with Crippen molar-refractivity contribution in [3.8, 4) is 0 Å². The van der Waals surface area contributed by atoms with E-state index in [1.165, 1.54) is 12.8 Å². The summed E-state index contributed by atoms with van der Waals surface area (Å²) in [6.45, 7) is 2.80. The van der Waals surface area contributed by atoms with Gasteiger partial charge >= 0.3 is 0 Å². The fraction of sp³-hybridized carbons (Fsp3) is 1.00. The molecule has 1 aliphatic heterocycles. The van der Waals surface area contributed by atoms with E-state index in [1.807, 2.05) is 0 Å². The Balaban J connectivity index is 1.81. The van der Waals surface area contributed by atoms with Crippen molar-refractivity contribution >= 4 is 0 Å². The Morgan fingerprint density at radius 1 is 1.50 bits per heavy atom. The zero-order chi connectivity index (χ0) is 8.60. The van der Waals surface area contributed by atoms with Crippen LogP contribution in [0.1, 0.15) is 19.3 Å². The molecule has 0 aromatic carbocycles. The minimum Gasteiger partial charge on any atom is -0.326 e. The van der Waals surface area contributed by atoms with Gasteiger partial charge in [-0.1, -0.05) is 0 Å². The molecule has 2 aliphatic rings. The van der Waals surface area contributed by atoms with E-state index in [-0.39, 0.29) is 6.67 Å². The summed E-state index contributed by atoms with van der Waals surface area (Å²) in [6, 6.07) is 0.358. The molecule has 0 amide bonds. The molecule has 1 heterocycles. The van der Waals surface area contributed by atoms with Gasteiger partial charge in [-0.15, -0.1) is 0 Å². The molecule has 12 heavy (non-hydrogen) atoms. The number of likely N-dealkylation sites (tertiary alicyclic amines) is 1. The summed E-state index contributed by atoms with van der Waals surface area (Å²) in [7, 11) is 0. The summed E-state index contributed by atoms with van der Waals surface area (Å²) in [5.41, 5.74) is 6.46. The Bertz CT molecular complexity index is 168. The lowest BCUT2D eigenvalue weighted by Crippen LogP contribution is -2.30. The first-order chi connectivity index (χ1) is 5.77.